The van der Waals surface area contributed by atoms with Gasteiger partial charge in [-0.25, -0.2) is 0 Å². The third kappa shape index (κ3) is 5.41. The Bertz CT molecular complexity index is 699. The maximum absolute atomic E-state index is 13.3. The topological polar surface area (TPSA) is 72.9 Å². The van der Waals surface area contributed by atoms with Gasteiger partial charge in [0.15, 0.2) is 0 Å². The fourth-order valence-corrected chi connectivity index (χ4v) is 4.44. The van der Waals surface area contributed by atoms with Crippen molar-refractivity contribution in [2.45, 2.75) is 58.6 Å². The quantitative estimate of drug-likeness (QED) is 0.685. The molecule has 2 N–H and O–H groups in total. The Morgan fingerprint density at radius 2 is 1.93 bits per heavy atom. The van der Waals surface area contributed by atoms with Crippen molar-refractivity contribution < 1.29 is 14.7 Å². The maximum atomic E-state index is 13.3. The molecule has 1 saturated heterocycles. The molecule has 0 bridgehead atoms. The van der Waals surface area contributed by atoms with Crippen molar-refractivity contribution in [2.24, 2.45) is 11.3 Å². The molecule has 2 rings (SSSR count). The summed E-state index contributed by atoms with van der Waals surface area (Å²) in [5.41, 5.74) is -0.502. The molecule has 7 heteroatoms. The standard InChI is InChI=1S/C22H36ClN3O3/c1-15(2)19(24-18(27)13-25(5)6)20(28)26-12-11-22(29,21(3,4)14-26)16-7-9-17(23)10-8-16/h7,9,15,19,29H,8,10-14H2,1-6H3,(H,24,27)/t19-,22+/m1/s1. The molecular weight excluding hydrogens is 390 g/mol. The van der Waals surface area contributed by atoms with Crippen LogP contribution < -0.4 is 5.32 Å². The highest BCUT2D eigenvalue weighted by Crippen LogP contribution is 2.46. The van der Waals surface area contributed by atoms with Crippen molar-refractivity contribution >= 4 is 23.4 Å². The summed E-state index contributed by atoms with van der Waals surface area (Å²) >= 11 is 6.08. The van der Waals surface area contributed by atoms with Crippen molar-refractivity contribution in [2.75, 3.05) is 33.7 Å². The van der Waals surface area contributed by atoms with E-state index in [2.05, 4.69) is 5.32 Å². The summed E-state index contributed by atoms with van der Waals surface area (Å²) in [6.07, 6.45) is 5.74. The van der Waals surface area contributed by atoms with Crippen LogP contribution in [0, 0.1) is 11.3 Å². The Morgan fingerprint density at radius 1 is 1.28 bits per heavy atom. The average molecular weight is 426 g/mol. The lowest BCUT2D eigenvalue weighted by Crippen LogP contribution is -2.62. The Labute approximate surface area is 180 Å². The Morgan fingerprint density at radius 3 is 2.41 bits per heavy atom. The number of nitrogens with zero attached hydrogens (tertiary/aromatic N) is 2. The Hall–Kier alpha value is -1.37. The van der Waals surface area contributed by atoms with Crippen molar-refractivity contribution in [3.8, 4) is 0 Å². The van der Waals surface area contributed by atoms with Gasteiger partial charge in [0.1, 0.15) is 6.04 Å². The van der Waals surface area contributed by atoms with Crippen LogP contribution in [0.3, 0.4) is 0 Å². The second-order valence-electron chi connectivity index (χ2n) is 9.59. The van der Waals surface area contributed by atoms with Crippen LogP contribution in [-0.4, -0.2) is 72.1 Å². The van der Waals surface area contributed by atoms with E-state index in [0.717, 1.165) is 23.4 Å². The van der Waals surface area contributed by atoms with E-state index in [1.165, 1.54) is 0 Å². The molecular formula is C22H36ClN3O3. The van der Waals surface area contributed by atoms with Gasteiger partial charge in [-0.05, 0) is 50.9 Å². The molecule has 0 unspecified atom stereocenters. The molecule has 1 fully saturated rings. The number of hydrogen-bond acceptors (Lipinski definition) is 4. The number of piperidine rings is 1. The number of halogens is 1. The number of likely N-dealkylation sites (N-methyl/N-ethyl adjacent to an activating group) is 1. The smallest absolute Gasteiger partial charge is 0.245 e. The van der Waals surface area contributed by atoms with E-state index >= 15 is 0 Å². The number of hydrogen-bond donors (Lipinski definition) is 2. The third-order valence-corrected chi connectivity index (χ3v) is 6.41. The first-order chi connectivity index (χ1) is 13.4. The Kier molecular flexibility index (Phi) is 7.57. The van der Waals surface area contributed by atoms with Crippen molar-refractivity contribution in [1.29, 1.82) is 0 Å². The maximum Gasteiger partial charge on any atom is 0.245 e. The summed E-state index contributed by atoms with van der Waals surface area (Å²) in [7, 11) is 3.64. The van der Waals surface area contributed by atoms with Gasteiger partial charge >= 0.3 is 0 Å². The predicted octanol–water partition coefficient (Wildman–Crippen LogP) is 2.52. The minimum atomic E-state index is -0.973. The van der Waals surface area contributed by atoms with Gasteiger partial charge in [-0.1, -0.05) is 45.4 Å². The molecule has 0 aromatic rings. The molecule has 2 aliphatic rings. The lowest BCUT2D eigenvalue weighted by atomic mass is 9.64. The first-order valence-corrected chi connectivity index (χ1v) is 10.8. The zero-order valence-corrected chi connectivity index (χ0v) is 19.3. The third-order valence-electron chi connectivity index (χ3n) is 6.10. The molecule has 29 heavy (non-hydrogen) atoms. The minimum Gasteiger partial charge on any atom is -0.385 e. The lowest BCUT2D eigenvalue weighted by Gasteiger charge is -2.52. The second-order valence-corrected chi connectivity index (χ2v) is 10.1. The summed E-state index contributed by atoms with van der Waals surface area (Å²) < 4.78 is 0. The van der Waals surface area contributed by atoms with Crippen LogP contribution >= 0.6 is 11.6 Å². The SMILES string of the molecule is CC(C)[C@@H](NC(=O)CN(C)C)C(=O)N1CC[C@](O)(C2=CC=C(Cl)CC2)C(C)(C)C1. The van der Waals surface area contributed by atoms with E-state index in [0.29, 0.717) is 19.5 Å². The molecule has 0 aromatic heterocycles. The van der Waals surface area contributed by atoms with Crippen LogP contribution in [0.2, 0.25) is 0 Å². The second kappa shape index (κ2) is 9.19. The van der Waals surface area contributed by atoms with Crippen LogP contribution in [0.5, 0.6) is 0 Å². The van der Waals surface area contributed by atoms with Gasteiger partial charge < -0.3 is 20.2 Å². The summed E-state index contributed by atoms with van der Waals surface area (Å²) in [6.45, 7) is 9.01. The summed E-state index contributed by atoms with van der Waals surface area (Å²) in [5.74, 6) is -0.264. The minimum absolute atomic E-state index is 0.0223. The number of carbonyl (C=O) groups excluding carboxylic acids is 2. The molecule has 0 saturated carbocycles. The first-order valence-electron chi connectivity index (χ1n) is 10.4. The van der Waals surface area contributed by atoms with Crippen LogP contribution in [0.15, 0.2) is 22.8 Å². The van der Waals surface area contributed by atoms with E-state index < -0.39 is 17.1 Å². The van der Waals surface area contributed by atoms with Gasteiger partial charge in [0.2, 0.25) is 11.8 Å². The van der Waals surface area contributed by atoms with Gasteiger partial charge in [-0.3, -0.25) is 9.59 Å². The molecule has 0 aromatic carbocycles. The van der Waals surface area contributed by atoms with E-state index in [9.17, 15) is 14.7 Å². The zero-order chi connectivity index (χ0) is 22.0. The number of allylic oxidation sites excluding steroid dienone is 3. The van der Waals surface area contributed by atoms with E-state index in [4.69, 9.17) is 11.6 Å². The van der Waals surface area contributed by atoms with Gasteiger partial charge in [-0.2, -0.15) is 0 Å². The number of aliphatic hydroxyl groups is 1. The highest BCUT2D eigenvalue weighted by molar-refractivity contribution is 6.29. The zero-order valence-electron chi connectivity index (χ0n) is 18.6. The molecule has 1 aliphatic heterocycles. The Balaban J connectivity index is 2.15. The fourth-order valence-electron chi connectivity index (χ4n) is 4.28. The number of carbonyl (C=O) groups is 2. The summed E-state index contributed by atoms with van der Waals surface area (Å²) in [5, 5.41) is 15.2. The molecule has 6 nitrogen and oxygen atoms in total. The number of likely N-dealkylation sites (tertiary alicyclic amines) is 1. The largest absolute Gasteiger partial charge is 0.385 e. The highest BCUT2D eigenvalue weighted by atomic mass is 35.5. The van der Waals surface area contributed by atoms with Gasteiger partial charge in [0.05, 0.1) is 12.1 Å². The molecule has 0 spiro atoms. The monoisotopic (exact) mass is 425 g/mol. The van der Waals surface area contributed by atoms with Crippen molar-refractivity contribution in [1.82, 2.24) is 15.1 Å². The van der Waals surface area contributed by atoms with E-state index in [-0.39, 0.29) is 24.3 Å². The predicted molar refractivity (Wildman–Crippen MR) is 117 cm³/mol. The molecule has 2 amide bonds. The van der Waals surface area contributed by atoms with Crippen LogP contribution in [0.4, 0.5) is 0 Å². The van der Waals surface area contributed by atoms with Crippen molar-refractivity contribution in [3.63, 3.8) is 0 Å². The summed E-state index contributed by atoms with van der Waals surface area (Å²) in [4.78, 5) is 29.1. The number of nitrogens with one attached hydrogen (secondary N) is 1. The average Bonchev–Trinajstić information content (AvgIpc) is 2.61. The molecule has 2 atom stereocenters. The van der Waals surface area contributed by atoms with Gasteiger partial charge in [0, 0.05) is 23.5 Å². The normalized spacial score (nSPS) is 25.5. The molecule has 1 heterocycles. The first kappa shape index (κ1) is 23.9. The van der Waals surface area contributed by atoms with E-state index in [1.807, 2.05) is 53.9 Å². The summed E-state index contributed by atoms with van der Waals surface area (Å²) in [6, 6.07) is -0.569. The van der Waals surface area contributed by atoms with Crippen LogP contribution in [0.1, 0.15) is 47.0 Å². The van der Waals surface area contributed by atoms with Gasteiger partial charge in [-0.15, -0.1) is 0 Å². The number of amides is 2. The van der Waals surface area contributed by atoms with Crippen LogP contribution in [0.25, 0.3) is 0 Å². The highest BCUT2D eigenvalue weighted by Gasteiger charge is 2.51. The molecule has 0 radical (unpaired) electrons. The lowest BCUT2D eigenvalue weighted by molar-refractivity contribution is -0.149. The van der Waals surface area contributed by atoms with E-state index in [1.54, 1.807) is 9.80 Å². The fraction of sp³-hybridized carbons (Fsp3) is 0.727. The van der Waals surface area contributed by atoms with Gasteiger partial charge in [0.25, 0.3) is 0 Å². The molecule has 164 valence electrons. The van der Waals surface area contributed by atoms with Crippen molar-refractivity contribution in [3.05, 3.63) is 22.8 Å². The number of rotatable bonds is 6. The molecule has 1 aliphatic carbocycles. The van der Waals surface area contributed by atoms with Crippen LogP contribution in [-0.2, 0) is 9.59 Å².